The highest BCUT2D eigenvalue weighted by Crippen LogP contribution is 2.44. The molecule has 8 heteroatoms. The normalized spacial score (nSPS) is 12.5. The minimum atomic E-state index is -0.750. The Hall–Kier alpha value is -4.01. The third kappa shape index (κ3) is 17.3. The summed E-state index contributed by atoms with van der Waals surface area (Å²) in [5.74, 6) is 1.79. The van der Waals surface area contributed by atoms with Gasteiger partial charge in [-0.1, -0.05) is 164 Å². The van der Waals surface area contributed by atoms with E-state index < -0.39 is 6.10 Å². The van der Waals surface area contributed by atoms with E-state index in [1.807, 2.05) is 18.2 Å². The van der Waals surface area contributed by atoms with Crippen LogP contribution in [0.2, 0.25) is 0 Å². The van der Waals surface area contributed by atoms with Crippen LogP contribution in [-0.2, 0) is 4.74 Å². The number of aryl methyl sites for hydroxylation is 4. The highest BCUT2D eigenvalue weighted by Gasteiger charge is 2.22. The summed E-state index contributed by atoms with van der Waals surface area (Å²) in [6, 6.07) is 16.0. The van der Waals surface area contributed by atoms with Gasteiger partial charge in [0.15, 0.2) is 29.0 Å². The molecule has 2 atom stereocenters. The molecule has 0 amide bonds. The summed E-state index contributed by atoms with van der Waals surface area (Å²) in [5.41, 5.74) is 6.57. The summed E-state index contributed by atoms with van der Waals surface area (Å²) in [6.07, 6.45) is 24.4. The van der Waals surface area contributed by atoms with Gasteiger partial charge in [-0.25, -0.2) is 15.0 Å². The number of phenols is 1. The van der Waals surface area contributed by atoms with Crippen molar-refractivity contribution < 1.29 is 24.4 Å². The van der Waals surface area contributed by atoms with Crippen LogP contribution < -0.4 is 9.47 Å². The van der Waals surface area contributed by atoms with Crippen molar-refractivity contribution in [1.82, 2.24) is 15.0 Å². The van der Waals surface area contributed by atoms with Gasteiger partial charge in [-0.3, -0.25) is 0 Å². The Labute approximate surface area is 369 Å². The van der Waals surface area contributed by atoms with Gasteiger partial charge in [0.1, 0.15) is 6.61 Å². The van der Waals surface area contributed by atoms with Crippen molar-refractivity contribution in [3.05, 3.63) is 70.8 Å². The van der Waals surface area contributed by atoms with Crippen LogP contribution in [0.3, 0.4) is 0 Å². The zero-order valence-corrected chi connectivity index (χ0v) is 39.0. The molecule has 1 heterocycles. The first-order valence-electron chi connectivity index (χ1n) is 23.9. The standard InChI is InChI=1S/C53H79N3O5/c1-8-10-12-14-16-17-18-20-22-24-34-59-44(26-23-21-19-15-13-11-9-2)27-25-35-60-48-33-32-47(49(58)50(48)61-38-43(7)57)53-55-51(45-30-28-39(3)36-41(45)5)54-52(56-53)46-31-29-40(4)37-42(46)6/h28-33,36-37,43-44,57-58H,8-27,34-35,38H2,1-7H3. The van der Waals surface area contributed by atoms with Gasteiger partial charge in [-0.15, -0.1) is 0 Å². The van der Waals surface area contributed by atoms with Gasteiger partial charge in [0.2, 0.25) is 5.75 Å². The number of aliphatic hydroxyl groups excluding tert-OH is 1. The molecule has 0 aliphatic heterocycles. The van der Waals surface area contributed by atoms with E-state index >= 15 is 0 Å². The summed E-state index contributed by atoms with van der Waals surface area (Å²) >= 11 is 0. The molecule has 4 rings (SSSR count). The molecule has 336 valence electrons. The number of nitrogens with zero attached hydrogens (tertiary/aromatic N) is 3. The highest BCUT2D eigenvalue weighted by atomic mass is 16.5. The number of aromatic nitrogens is 3. The van der Waals surface area contributed by atoms with Crippen LogP contribution in [0.1, 0.15) is 171 Å². The molecule has 2 N–H and O–H groups in total. The smallest absolute Gasteiger partial charge is 0.204 e. The molecule has 0 radical (unpaired) electrons. The Bertz CT molecular complexity index is 1790. The molecule has 61 heavy (non-hydrogen) atoms. The summed E-state index contributed by atoms with van der Waals surface area (Å²) < 4.78 is 18.9. The van der Waals surface area contributed by atoms with Gasteiger partial charge in [0, 0.05) is 17.7 Å². The number of ether oxygens (including phenoxy) is 3. The molecule has 2 unspecified atom stereocenters. The van der Waals surface area contributed by atoms with E-state index in [1.165, 1.54) is 103 Å². The number of aliphatic hydroxyl groups is 1. The van der Waals surface area contributed by atoms with Gasteiger partial charge in [0.05, 0.1) is 24.4 Å². The quantitative estimate of drug-likeness (QED) is 0.0483. The number of aromatic hydroxyl groups is 1. The van der Waals surface area contributed by atoms with Crippen molar-refractivity contribution in [1.29, 1.82) is 0 Å². The lowest BCUT2D eigenvalue weighted by molar-refractivity contribution is 0.0336. The summed E-state index contributed by atoms with van der Waals surface area (Å²) in [4.78, 5) is 14.8. The van der Waals surface area contributed by atoms with Crippen molar-refractivity contribution in [3.8, 4) is 51.4 Å². The van der Waals surface area contributed by atoms with E-state index in [4.69, 9.17) is 29.2 Å². The zero-order valence-electron chi connectivity index (χ0n) is 39.0. The maximum absolute atomic E-state index is 11.9. The maximum atomic E-state index is 11.9. The highest BCUT2D eigenvalue weighted by molar-refractivity contribution is 5.75. The van der Waals surface area contributed by atoms with E-state index in [9.17, 15) is 10.2 Å². The Balaban J connectivity index is 1.47. The molecule has 0 saturated heterocycles. The average molecular weight is 838 g/mol. The third-order valence-electron chi connectivity index (χ3n) is 11.6. The Morgan fingerprint density at radius 3 is 1.49 bits per heavy atom. The van der Waals surface area contributed by atoms with E-state index in [0.717, 1.165) is 65.7 Å². The largest absolute Gasteiger partial charge is 0.504 e. The molecule has 4 aromatic rings. The second kappa shape index (κ2) is 27.8. The molecule has 0 aliphatic carbocycles. The second-order valence-electron chi connectivity index (χ2n) is 17.5. The molecule has 8 nitrogen and oxygen atoms in total. The van der Waals surface area contributed by atoms with E-state index in [-0.39, 0.29) is 24.2 Å². The molecule has 0 aliphatic rings. The van der Waals surface area contributed by atoms with Crippen LogP contribution in [-0.4, -0.2) is 57.2 Å². The summed E-state index contributed by atoms with van der Waals surface area (Å²) in [7, 11) is 0. The van der Waals surface area contributed by atoms with Crippen LogP contribution >= 0.6 is 0 Å². The summed E-state index contributed by atoms with van der Waals surface area (Å²) in [6.45, 7) is 15.7. The lowest BCUT2D eigenvalue weighted by Gasteiger charge is -2.20. The summed E-state index contributed by atoms with van der Waals surface area (Å²) in [5, 5.41) is 22.1. The topological polar surface area (TPSA) is 107 Å². The lowest BCUT2D eigenvalue weighted by atomic mass is 10.0. The number of benzene rings is 3. The molecule has 0 fully saturated rings. The molecular weight excluding hydrogens is 759 g/mol. The first kappa shape index (κ1) is 49.6. The van der Waals surface area contributed by atoms with Crippen molar-refractivity contribution in [2.45, 2.75) is 189 Å². The van der Waals surface area contributed by atoms with Crippen molar-refractivity contribution >= 4 is 0 Å². The van der Waals surface area contributed by atoms with Crippen LogP contribution in [0.25, 0.3) is 34.2 Å². The minimum absolute atomic E-state index is 0.0144. The van der Waals surface area contributed by atoms with E-state index in [0.29, 0.717) is 35.4 Å². The SMILES string of the molecule is CCCCCCCCCCCCOC(CCCCCCCCC)CCCOc1ccc(-c2nc(-c3ccc(C)cc3C)nc(-c3ccc(C)cc3C)n2)c(O)c1OCC(C)O. The van der Waals surface area contributed by atoms with E-state index in [2.05, 4.69) is 65.8 Å². The minimum Gasteiger partial charge on any atom is -0.504 e. The molecule has 1 aromatic heterocycles. The number of hydrogen-bond acceptors (Lipinski definition) is 8. The van der Waals surface area contributed by atoms with Gasteiger partial charge in [0.25, 0.3) is 0 Å². The first-order valence-corrected chi connectivity index (χ1v) is 23.9. The van der Waals surface area contributed by atoms with E-state index in [1.54, 1.807) is 13.0 Å². The number of phenolic OH excluding ortho intramolecular Hbond substituents is 1. The number of rotatable bonds is 31. The van der Waals surface area contributed by atoms with Crippen LogP contribution in [0.5, 0.6) is 17.2 Å². The lowest BCUT2D eigenvalue weighted by Crippen LogP contribution is -2.16. The van der Waals surface area contributed by atoms with Gasteiger partial charge >= 0.3 is 0 Å². The monoisotopic (exact) mass is 838 g/mol. The molecular formula is C53H79N3O5. The fourth-order valence-electron chi connectivity index (χ4n) is 8.03. The molecule has 3 aromatic carbocycles. The predicted molar refractivity (Wildman–Crippen MR) is 253 cm³/mol. The Morgan fingerprint density at radius 2 is 0.984 bits per heavy atom. The van der Waals surface area contributed by atoms with Gasteiger partial charge in [-0.05, 0) is 83.6 Å². The van der Waals surface area contributed by atoms with Crippen molar-refractivity contribution in [2.75, 3.05) is 19.8 Å². The Morgan fingerprint density at radius 1 is 0.525 bits per heavy atom. The fraction of sp³-hybridized carbons (Fsp3) is 0.604. The predicted octanol–water partition coefficient (Wildman–Crippen LogP) is 14.2. The van der Waals surface area contributed by atoms with Crippen molar-refractivity contribution in [3.63, 3.8) is 0 Å². The first-order chi connectivity index (χ1) is 29.6. The zero-order chi connectivity index (χ0) is 43.8. The second-order valence-corrected chi connectivity index (χ2v) is 17.5. The fourth-order valence-corrected chi connectivity index (χ4v) is 8.03. The van der Waals surface area contributed by atoms with Gasteiger partial charge in [-0.2, -0.15) is 0 Å². The third-order valence-corrected chi connectivity index (χ3v) is 11.6. The van der Waals surface area contributed by atoms with Gasteiger partial charge < -0.3 is 24.4 Å². The van der Waals surface area contributed by atoms with Crippen molar-refractivity contribution in [2.24, 2.45) is 0 Å². The maximum Gasteiger partial charge on any atom is 0.204 e. The molecule has 0 bridgehead atoms. The Kier molecular flexibility index (Phi) is 22.7. The molecule has 0 spiro atoms. The van der Waals surface area contributed by atoms with Crippen LogP contribution in [0.4, 0.5) is 0 Å². The number of unbranched alkanes of at least 4 members (excludes halogenated alkanes) is 15. The molecule has 0 saturated carbocycles. The number of hydrogen-bond donors (Lipinski definition) is 2. The van der Waals surface area contributed by atoms with Crippen LogP contribution in [0, 0.1) is 27.7 Å². The van der Waals surface area contributed by atoms with Crippen LogP contribution in [0.15, 0.2) is 48.5 Å². The average Bonchev–Trinajstić information content (AvgIpc) is 3.23.